The number of aliphatic hydroxyl groups excluding tert-OH is 1. The Kier molecular flexibility index (Phi) is 4.95. The van der Waals surface area contributed by atoms with Crippen LogP contribution in [0.15, 0.2) is 42.5 Å². The summed E-state index contributed by atoms with van der Waals surface area (Å²) in [6.07, 6.45) is 1.50. The highest BCUT2D eigenvalue weighted by molar-refractivity contribution is 6.05. The average molecular weight is 284 g/mol. The number of benzene rings is 2. The smallest absolute Gasteiger partial charge is 0.256 e. The first-order valence-corrected chi connectivity index (χ1v) is 6.97. The standard InChI is InChI=1S/C17H20N2O2/c1-12-7-8-14(18)11-16(12)17(21)19-15-6-2-4-13(10-15)5-3-9-20/h2,4,6-8,10-11,20H,3,5,9,18H2,1H3,(H,19,21). The Morgan fingerprint density at radius 3 is 2.81 bits per heavy atom. The molecule has 0 aliphatic heterocycles. The molecule has 0 saturated heterocycles. The molecule has 0 aliphatic rings. The van der Waals surface area contributed by atoms with Crippen molar-refractivity contribution in [2.75, 3.05) is 17.7 Å². The number of hydrogen-bond donors (Lipinski definition) is 3. The van der Waals surface area contributed by atoms with Crippen LogP contribution in [-0.2, 0) is 6.42 Å². The lowest BCUT2D eigenvalue weighted by atomic mass is 10.1. The Hall–Kier alpha value is -2.33. The lowest BCUT2D eigenvalue weighted by Gasteiger charge is -2.10. The van der Waals surface area contributed by atoms with Crippen LogP contribution in [0.2, 0.25) is 0 Å². The fourth-order valence-corrected chi connectivity index (χ4v) is 2.17. The topological polar surface area (TPSA) is 75.4 Å². The maximum Gasteiger partial charge on any atom is 0.256 e. The predicted octanol–water partition coefficient (Wildman–Crippen LogP) is 2.75. The molecule has 0 bridgehead atoms. The third-order valence-corrected chi connectivity index (χ3v) is 3.31. The maximum absolute atomic E-state index is 12.3. The number of rotatable bonds is 5. The van der Waals surface area contributed by atoms with Crippen molar-refractivity contribution in [3.05, 3.63) is 59.2 Å². The van der Waals surface area contributed by atoms with Gasteiger partial charge in [0.1, 0.15) is 0 Å². The molecule has 0 spiro atoms. The van der Waals surface area contributed by atoms with E-state index in [1.54, 1.807) is 12.1 Å². The Labute approximate surface area is 124 Å². The summed E-state index contributed by atoms with van der Waals surface area (Å²) >= 11 is 0. The summed E-state index contributed by atoms with van der Waals surface area (Å²) in [5.74, 6) is -0.167. The second-order valence-corrected chi connectivity index (χ2v) is 5.06. The van der Waals surface area contributed by atoms with E-state index in [-0.39, 0.29) is 12.5 Å². The fourth-order valence-electron chi connectivity index (χ4n) is 2.17. The van der Waals surface area contributed by atoms with E-state index in [0.29, 0.717) is 17.7 Å². The normalized spacial score (nSPS) is 10.4. The zero-order chi connectivity index (χ0) is 15.2. The van der Waals surface area contributed by atoms with Gasteiger partial charge >= 0.3 is 0 Å². The third kappa shape index (κ3) is 4.07. The van der Waals surface area contributed by atoms with E-state index < -0.39 is 0 Å². The van der Waals surface area contributed by atoms with Gasteiger partial charge in [0.25, 0.3) is 5.91 Å². The van der Waals surface area contributed by atoms with Gasteiger partial charge in [-0.2, -0.15) is 0 Å². The molecule has 0 atom stereocenters. The maximum atomic E-state index is 12.3. The number of aliphatic hydroxyl groups is 1. The summed E-state index contributed by atoms with van der Waals surface area (Å²) in [4.78, 5) is 12.3. The minimum absolute atomic E-state index is 0.166. The van der Waals surface area contributed by atoms with Gasteiger partial charge in [0.2, 0.25) is 0 Å². The van der Waals surface area contributed by atoms with Crippen LogP contribution in [0.4, 0.5) is 11.4 Å². The molecule has 2 aromatic carbocycles. The van der Waals surface area contributed by atoms with Gasteiger partial charge in [0.15, 0.2) is 0 Å². The Bertz CT molecular complexity index is 638. The van der Waals surface area contributed by atoms with Crippen molar-refractivity contribution in [3.63, 3.8) is 0 Å². The number of carbonyl (C=O) groups excluding carboxylic acids is 1. The molecule has 0 aliphatic carbocycles. The van der Waals surface area contributed by atoms with E-state index in [1.807, 2.05) is 37.3 Å². The second kappa shape index (κ2) is 6.90. The summed E-state index contributed by atoms with van der Waals surface area (Å²) in [6, 6.07) is 13.0. The number of carbonyl (C=O) groups is 1. The van der Waals surface area contributed by atoms with Gasteiger partial charge in [-0.05, 0) is 55.2 Å². The molecule has 0 fully saturated rings. The van der Waals surface area contributed by atoms with E-state index in [9.17, 15) is 4.79 Å². The molecular weight excluding hydrogens is 264 g/mol. The molecule has 0 saturated carbocycles. The SMILES string of the molecule is Cc1ccc(N)cc1C(=O)Nc1cccc(CCCO)c1. The lowest BCUT2D eigenvalue weighted by molar-refractivity contribution is 0.102. The second-order valence-electron chi connectivity index (χ2n) is 5.06. The highest BCUT2D eigenvalue weighted by Crippen LogP contribution is 2.17. The third-order valence-electron chi connectivity index (χ3n) is 3.31. The van der Waals surface area contributed by atoms with Crippen LogP contribution in [0, 0.1) is 6.92 Å². The van der Waals surface area contributed by atoms with Crippen LogP contribution in [0.5, 0.6) is 0 Å². The molecule has 0 unspecified atom stereocenters. The molecule has 0 radical (unpaired) electrons. The van der Waals surface area contributed by atoms with Crippen LogP contribution in [0.25, 0.3) is 0 Å². The zero-order valence-electron chi connectivity index (χ0n) is 12.1. The summed E-state index contributed by atoms with van der Waals surface area (Å²) in [6.45, 7) is 2.05. The molecule has 1 amide bonds. The van der Waals surface area contributed by atoms with E-state index in [1.165, 1.54) is 0 Å². The van der Waals surface area contributed by atoms with Gasteiger partial charge in [-0.15, -0.1) is 0 Å². The van der Waals surface area contributed by atoms with Crippen LogP contribution >= 0.6 is 0 Å². The van der Waals surface area contributed by atoms with Crippen molar-refractivity contribution in [2.24, 2.45) is 0 Å². The lowest BCUT2D eigenvalue weighted by Crippen LogP contribution is -2.14. The molecule has 2 aromatic rings. The molecule has 0 aromatic heterocycles. The van der Waals surface area contributed by atoms with Crippen LogP contribution < -0.4 is 11.1 Å². The van der Waals surface area contributed by atoms with E-state index in [2.05, 4.69) is 5.32 Å². The van der Waals surface area contributed by atoms with Gasteiger partial charge in [-0.1, -0.05) is 18.2 Å². The van der Waals surface area contributed by atoms with Crippen LogP contribution in [0.3, 0.4) is 0 Å². The molecule has 2 rings (SSSR count). The van der Waals surface area contributed by atoms with Crippen LogP contribution in [0.1, 0.15) is 27.9 Å². The van der Waals surface area contributed by atoms with Crippen molar-refractivity contribution < 1.29 is 9.90 Å². The first kappa shape index (κ1) is 15.1. The van der Waals surface area contributed by atoms with Gasteiger partial charge in [-0.3, -0.25) is 4.79 Å². The molecule has 4 N–H and O–H groups in total. The van der Waals surface area contributed by atoms with E-state index in [0.717, 1.165) is 23.2 Å². The van der Waals surface area contributed by atoms with Crippen molar-refractivity contribution in [1.29, 1.82) is 0 Å². The van der Waals surface area contributed by atoms with Crippen molar-refractivity contribution >= 4 is 17.3 Å². The molecule has 21 heavy (non-hydrogen) atoms. The molecule has 4 nitrogen and oxygen atoms in total. The molecular formula is C17H20N2O2. The summed E-state index contributed by atoms with van der Waals surface area (Å²) in [5.41, 5.74) is 9.61. The summed E-state index contributed by atoms with van der Waals surface area (Å²) < 4.78 is 0. The quantitative estimate of drug-likeness (QED) is 0.739. The number of nitrogen functional groups attached to an aromatic ring is 1. The number of anilines is 2. The van der Waals surface area contributed by atoms with E-state index in [4.69, 9.17) is 10.8 Å². The largest absolute Gasteiger partial charge is 0.399 e. The van der Waals surface area contributed by atoms with Gasteiger partial charge in [0, 0.05) is 23.5 Å². The van der Waals surface area contributed by atoms with Gasteiger partial charge in [-0.25, -0.2) is 0 Å². The first-order valence-electron chi connectivity index (χ1n) is 6.97. The summed E-state index contributed by atoms with van der Waals surface area (Å²) in [5, 5.41) is 11.8. The Morgan fingerprint density at radius 1 is 1.24 bits per heavy atom. The average Bonchev–Trinajstić information content (AvgIpc) is 2.48. The monoisotopic (exact) mass is 284 g/mol. The zero-order valence-corrected chi connectivity index (χ0v) is 12.1. The highest BCUT2D eigenvalue weighted by atomic mass is 16.2. The number of nitrogens with one attached hydrogen (secondary N) is 1. The van der Waals surface area contributed by atoms with Crippen molar-refractivity contribution in [1.82, 2.24) is 0 Å². The molecule has 0 heterocycles. The van der Waals surface area contributed by atoms with Crippen molar-refractivity contribution in [3.8, 4) is 0 Å². The number of nitrogens with two attached hydrogens (primary N) is 1. The number of amides is 1. The van der Waals surface area contributed by atoms with E-state index >= 15 is 0 Å². The van der Waals surface area contributed by atoms with Crippen LogP contribution in [-0.4, -0.2) is 17.6 Å². The number of hydrogen-bond acceptors (Lipinski definition) is 3. The highest BCUT2D eigenvalue weighted by Gasteiger charge is 2.10. The van der Waals surface area contributed by atoms with Gasteiger partial charge in [0.05, 0.1) is 0 Å². The fraction of sp³-hybridized carbons (Fsp3) is 0.235. The predicted molar refractivity (Wildman–Crippen MR) is 85.4 cm³/mol. The first-order chi connectivity index (χ1) is 10.1. The number of aryl methyl sites for hydroxylation is 2. The minimum atomic E-state index is -0.167. The summed E-state index contributed by atoms with van der Waals surface area (Å²) in [7, 11) is 0. The Morgan fingerprint density at radius 2 is 2.05 bits per heavy atom. The Balaban J connectivity index is 2.14. The minimum Gasteiger partial charge on any atom is -0.399 e. The molecule has 110 valence electrons. The van der Waals surface area contributed by atoms with Gasteiger partial charge < -0.3 is 16.2 Å². The van der Waals surface area contributed by atoms with Crippen molar-refractivity contribution in [2.45, 2.75) is 19.8 Å². The molecule has 4 heteroatoms.